The van der Waals surface area contributed by atoms with E-state index in [-0.39, 0.29) is 16.4 Å². The van der Waals surface area contributed by atoms with Crippen molar-refractivity contribution in [2.45, 2.75) is 45.9 Å². The topological polar surface area (TPSA) is 75.7 Å². The number of benzene rings is 2. The number of rotatable bonds is 5. The number of fused-ring (bicyclic) bond motifs is 1. The summed E-state index contributed by atoms with van der Waals surface area (Å²) in [5.41, 5.74) is 2.42. The zero-order chi connectivity index (χ0) is 25.7. The van der Waals surface area contributed by atoms with Crippen LogP contribution in [0.15, 0.2) is 35.2 Å². The van der Waals surface area contributed by atoms with E-state index in [9.17, 15) is 27.6 Å². The summed E-state index contributed by atoms with van der Waals surface area (Å²) in [6.45, 7) is 7.86. The second kappa shape index (κ2) is 8.75. The fourth-order valence-electron chi connectivity index (χ4n) is 4.35. The summed E-state index contributed by atoms with van der Waals surface area (Å²) >= 11 is 0.716. The smallest absolute Gasteiger partial charge is 0.405 e. The number of hydrogen-bond acceptors (Lipinski definition) is 5. The van der Waals surface area contributed by atoms with Crippen LogP contribution >= 0.6 is 11.8 Å². The first-order chi connectivity index (χ1) is 16.3. The normalized spacial score (nSPS) is 18.3. The number of thioether (sulfide) groups is 1. The average Bonchev–Trinajstić information content (AvgIpc) is 3.16. The average molecular weight is 505 g/mol. The number of amides is 3. The molecule has 6 nitrogen and oxygen atoms in total. The Bertz CT molecular complexity index is 1280. The van der Waals surface area contributed by atoms with Gasteiger partial charge in [0, 0.05) is 17.8 Å². The van der Waals surface area contributed by atoms with E-state index in [4.69, 9.17) is 0 Å². The second-order valence-corrected chi connectivity index (χ2v) is 9.94. The summed E-state index contributed by atoms with van der Waals surface area (Å²) < 4.78 is 44.0. The summed E-state index contributed by atoms with van der Waals surface area (Å²) in [6.07, 6.45) is -2.77. The van der Waals surface area contributed by atoms with Gasteiger partial charge in [0.15, 0.2) is 0 Å². The van der Waals surface area contributed by atoms with Gasteiger partial charge in [-0.1, -0.05) is 19.1 Å². The van der Waals surface area contributed by atoms with Gasteiger partial charge in [-0.15, -0.1) is 13.2 Å². The molecule has 0 atom stereocenters. The molecule has 0 unspecified atom stereocenters. The molecule has 3 amide bonds. The monoisotopic (exact) mass is 504 g/mol. The van der Waals surface area contributed by atoms with Gasteiger partial charge in [0.25, 0.3) is 11.1 Å². The summed E-state index contributed by atoms with van der Waals surface area (Å²) in [6, 6.07) is 7.60. The molecule has 35 heavy (non-hydrogen) atoms. The first kappa shape index (κ1) is 24.8. The molecular formula is C25H23F3N2O4S. The minimum atomic E-state index is -4.92. The number of carbonyl (C=O) groups excluding carboxylic acids is 3. The Labute approximate surface area is 204 Å². The van der Waals surface area contributed by atoms with Crippen molar-refractivity contribution in [3.05, 3.63) is 51.9 Å². The van der Waals surface area contributed by atoms with Gasteiger partial charge in [-0.05, 0) is 85.5 Å². The lowest BCUT2D eigenvalue weighted by Gasteiger charge is -2.20. The Kier molecular flexibility index (Phi) is 6.21. The van der Waals surface area contributed by atoms with Crippen LogP contribution in [-0.2, 0) is 15.0 Å². The van der Waals surface area contributed by atoms with E-state index in [0.717, 1.165) is 5.56 Å². The van der Waals surface area contributed by atoms with Gasteiger partial charge in [-0.3, -0.25) is 19.7 Å². The van der Waals surface area contributed by atoms with Crippen LogP contribution in [0.25, 0.3) is 17.2 Å². The van der Waals surface area contributed by atoms with Gasteiger partial charge >= 0.3 is 6.36 Å². The minimum Gasteiger partial charge on any atom is -0.405 e. The molecule has 4 rings (SSSR count). The first-order valence-corrected chi connectivity index (χ1v) is 11.8. The molecule has 1 saturated heterocycles. The molecule has 2 aromatic rings. The number of halogens is 3. The lowest BCUT2D eigenvalue weighted by Crippen LogP contribution is -2.36. The lowest BCUT2D eigenvalue weighted by atomic mass is 9.84. The zero-order valence-corrected chi connectivity index (χ0v) is 20.3. The Morgan fingerprint density at radius 1 is 1.11 bits per heavy atom. The molecule has 2 heterocycles. The van der Waals surface area contributed by atoms with E-state index in [1.54, 1.807) is 17.9 Å². The molecule has 0 saturated carbocycles. The van der Waals surface area contributed by atoms with Crippen molar-refractivity contribution in [1.82, 2.24) is 5.32 Å². The van der Waals surface area contributed by atoms with E-state index in [1.165, 1.54) is 24.3 Å². The van der Waals surface area contributed by atoms with Crippen molar-refractivity contribution >= 4 is 40.6 Å². The fourth-order valence-corrected chi connectivity index (χ4v) is 5.03. The highest BCUT2D eigenvalue weighted by Crippen LogP contribution is 2.46. The number of nitrogens with one attached hydrogen (secondary N) is 1. The zero-order valence-electron chi connectivity index (χ0n) is 19.5. The number of ether oxygens (including phenoxy) is 1. The van der Waals surface area contributed by atoms with Crippen LogP contribution in [-0.4, -0.2) is 30.0 Å². The molecule has 1 fully saturated rings. The van der Waals surface area contributed by atoms with Gasteiger partial charge in [-0.2, -0.15) is 0 Å². The molecular weight excluding hydrogens is 481 g/mol. The van der Waals surface area contributed by atoms with Crippen molar-refractivity contribution in [2.24, 2.45) is 0 Å². The van der Waals surface area contributed by atoms with E-state index in [0.29, 0.717) is 47.1 Å². The first-order valence-electron chi connectivity index (χ1n) is 10.9. The maximum Gasteiger partial charge on any atom is 0.573 e. The third-order valence-electron chi connectivity index (χ3n) is 5.99. The van der Waals surface area contributed by atoms with Gasteiger partial charge in [0.1, 0.15) is 5.75 Å². The molecule has 2 aromatic carbocycles. The van der Waals surface area contributed by atoms with Gasteiger partial charge in [0.2, 0.25) is 5.91 Å². The van der Waals surface area contributed by atoms with Gasteiger partial charge < -0.3 is 9.64 Å². The number of nitrogens with zero attached hydrogens (tertiary/aromatic N) is 1. The highest BCUT2D eigenvalue weighted by Gasteiger charge is 2.44. The summed E-state index contributed by atoms with van der Waals surface area (Å²) in [5, 5.41) is 1.63. The maximum absolute atomic E-state index is 13.2. The van der Waals surface area contributed by atoms with Crippen molar-refractivity contribution in [3.8, 4) is 16.9 Å². The molecule has 0 bridgehead atoms. The van der Waals surface area contributed by atoms with Gasteiger partial charge in [0.05, 0.1) is 10.3 Å². The molecule has 10 heteroatoms. The van der Waals surface area contributed by atoms with E-state index < -0.39 is 28.7 Å². The number of imide groups is 1. The molecule has 0 spiro atoms. The van der Waals surface area contributed by atoms with E-state index in [1.807, 2.05) is 26.8 Å². The summed E-state index contributed by atoms with van der Waals surface area (Å²) in [5.74, 6) is -1.04. The molecule has 2 aliphatic rings. The van der Waals surface area contributed by atoms with E-state index >= 15 is 0 Å². The summed E-state index contributed by atoms with van der Waals surface area (Å²) in [4.78, 5) is 38.3. The highest BCUT2D eigenvalue weighted by molar-refractivity contribution is 8.18. The van der Waals surface area contributed by atoms with Gasteiger partial charge in [-0.25, -0.2) is 0 Å². The highest BCUT2D eigenvalue weighted by atomic mass is 32.2. The molecule has 184 valence electrons. The van der Waals surface area contributed by atoms with Crippen LogP contribution in [0.3, 0.4) is 0 Å². The number of hydrogen-bond donors (Lipinski definition) is 1. The second-order valence-electron chi connectivity index (χ2n) is 8.92. The SMILES string of the molecule is CCCN1C(=O)C(C)(C)c2cc(C)c(-c3cc(C=C4SC(=O)NC4=O)ccc3OC(F)(F)F)cc21. The van der Waals surface area contributed by atoms with Crippen LogP contribution in [0.1, 0.15) is 43.9 Å². The number of anilines is 1. The fraction of sp³-hybridized carbons (Fsp3) is 0.320. The molecule has 1 N–H and O–H groups in total. The quantitative estimate of drug-likeness (QED) is 0.512. The van der Waals surface area contributed by atoms with Crippen LogP contribution in [0.4, 0.5) is 23.7 Å². The third kappa shape index (κ3) is 4.67. The Morgan fingerprint density at radius 3 is 2.43 bits per heavy atom. The minimum absolute atomic E-state index is 0.0647. The van der Waals surface area contributed by atoms with Crippen molar-refractivity contribution in [1.29, 1.82) is 0 Å². The number of carbonyl (C=O) groups is 3. The van der Waals surface area contributed by atoms with Crippen LogP contribution in [0.5, 0.6) is 5.75 Å². The van der Waals surface area contributed by atoms with Crippen molar-refractivity contribution < 1.29 is 32.3 Å². The third-order valence-corrected chi connectivity index (χ3v) is 6.80. The molecule has 0 radical (unpaired) electrons. The lowest BCUT2D eigenvalue weighted by molar-refractivity contribution is -0.274. The molecule has 2 aliphatic heterocycles. The van der Waals surface area contributed by atoms with Crippen LogP contribution in [0.2, 0.25) is 0 Å². The van der Waals surface area contributed by atoms with Crippen molar-refractivity contribution in [3.63, 3.8) is 0 Å². The van der Waals surface area contributed by atoms with E-state index in [2.05, 4.69) is 10.1 Å². The molecule has 0 aromatic heterocycles. The van der Waals surface area contributed by atoms with Crippen molar-refractivity contribution in [2.75, 3.05) is 11.4 Å². The molecule has 0 aliphatic carbocycles. The Balaban J connectivity index is 1.89. The Morgan fingerprint density at radius 2 is 1.83 bits per heavy atom. The van der Waals surface area contributed by atoms with Crippen LogP contribution in [0, 0.1) is 6.92 Å². The predicted molar refractivity (Wildman–Crippen MR) is 128 cm³/mol. The van der Waals surface area contributed by atoms with Crippen LogP contribution < -0.4 is 15.0 Å². The number of aryl methyl sites for hydroxylation is 1. The predicted octanol–water partition coefficient (Wildman–Crippen LogP) is 5.92. The maximum atomic E-state index is 13.2. The summed E-state index contributed by atoms with van der Waals surface area (Å²) in [7, 11) is 0. The largest absolute Gasteiger partial charge is 0.573 e. The number of alkyl halides is 3. The standard InChI is InChI=1S/C25H23F3N2O4S/c1-5-8-30-18-12-15(13(2)9-17(18)24(3,4)22(30)32)16-10-14(6-7-19(16)34-25(26,27)28)11-20-21(31)29-23(33)35-20/h6-7,9-12H,5,8H2,1-4H3,(H,29,31,33). The Hall–Kier alpha value is -3.27.